The van der Waals surface area contributed by atoms with Gasteiger partial charge in [0.25, 0.3) is 0 Å². The predicted molar refractivity (Wildman–Crippen MR) is 77.0 cm³/mol. The van der Waals surface area contributed by atoms with Crippen LogP contribution in [0.15, 0.2) is 28.9 Å². The van der Waals surface area contributed by atoms with E-state index in [0.717, 1.165) is 12.1 Å². The summed E-state index contributed by atoms with van der Waals surface area (Å²) in [5.41, 5.74) is 2.48. The molecule has 9 heteroatoms. The van der Waals surface area contributed by atoms with E-state index in [2.05, 4.69) is 36.6 Å². The van der Waals surface area contributed by atoms with Gasteiger partial charge in [-0.05, 0) is 40.5 Å². The molecule has 2 rings (SSSR count). The van der Waals surface area contributed by atoms with Crippen molar-refractivity contribution < 1.29 is 13.2 Å². The summed E-state index contributed by atoms with van der Waals surface area (Å²) >= 11 is 3.22. The fourth-order valence-corrected chi connectivity index (χ4v) is 1.88. The van der Waals surface area contributed by atoms with Gasteiger partial charge in [0, 0.05) is 11.9 Å². The Morgan fingerprint density at radius 2 is 2.00 bits per heavy atom. The number of nitrogens with one attached hydrogen (secondary N) is 2. The summed E-state index contributed by atoms with van der Waals surface area (Å²) in [4.78, 5) is 7.90. The highest BCUT2D eigenvalue weighted by molar-refractivity contribution is 9.10. The van der Waals surface area contributed by atoms with E-state index in [4.69, 9.17) is 5.84 Å². The van der Waals surface area contributed by atoms with Crippen LogP contribution in [-0.2, 0) is 6.18 Å². The minimum absolute atomic E-state index is 0.144. The van der Waals surface area contributed by atoms with Crippen LogP contribution >= 0.6 is 15.9 Å². The molecule has 0 atom stereocenters. The second-order valence-corrected chi connectivity index (χ2v) is 5.04. The van der Waals surface area contributed by atoms with Crippen molar-refractivity contribution in [2.45, 2.75) is 13.1 Å². The lowest BCUT2D eigenvalue weighted by Crippen LogP contribution is -2.11. The van der Waals surface area contributed by atoms with E-state index in [9.17, 15) is 13.2 Å². The van der Waals surface area contributed by atoms with Gasteiger partial charge in [0.05, 0.1) is 10.0 Å². The number of hydrogen-bond donors (Lipinski definition) is 3. The highest BCUT2D eigenvalue weighted by atomic mass is 79.9. The number of aromatic nitrogens is 2. The Labute approximate surface area is 126 Å². The lowest BCUT2D eigenvalue weighted by atomic mass is 10.1. The second kappa shape index (κ2) is 5.86. The average molecular weight is 362 g/mol. The molecule has 0 amide bonds. The molecule has 0 spiro atoms. The second-order valence-electron chi connectivity index (χ2n) is 4.19. The van der Waals surface area contributed by atoms with Crippen molar-refractivity contribution in [2.75, 3.05) is 10.7 Å². The van der Waals surface area contributed by atoms with Gasteiger partial charge in [0.2, 0.25) is 5.95 Å². The number of alkyl halides is 3. The van der Waals surface area contributed by atoms with E-state index in [1.165, 1.54) is 12.3 Å². The standard InChI is InChI=1S/C12H11BrF3N5/c1-6-2-3-7(12(14,15)16)4-9(6)19-10-8(13)5-18-11(20-10)21-17/h2-5H,17H2,1H3,(H2,18,19,20,21). The molecule has 0 aliphatic heterocycles. The number of benzene rings is 1. The number of anilines is 3. The molecule has 4 N–H and O–H groups in total. The van der Waals surface area contributed by atoms with Gasteiger partial charge < -0.3 is 5.32 Å². The summed E-state index contributed by atoms with van der Waals surface area (Å²) in [6.45, 7) is 1.69. The molecule has 0 saturated carbocycles. The summed E-state index contributed by atoms with van der Waals surface area (Å²) in [5, 5.41) is 2.83. The number of rotatable bonds is 3. The van der Waals surface area contributed by atoms with Crippen molar-refractivity contribution in [2.24, 2.45) is 5.84 Å². The predicted octanol–water partition coefficient (Wildman–Crippen LogP) is 3.60. The SMILES string of the molecule is Cc1ccc(C(F)(F)F)cc1Nc1nc(NN)ncc1Br. The van der Waals surface area contributed by atoms with Crippen LogP contribution < -0.4 is 16.6 Å². The molecule has 1 aromatic heterocycles. The summed E-state index contributed by atoms with van der Waals surface area (Å²) in [5.74, 6) is 5.66. The highest BCUT2D eigenvalue weighted by Gasteiger charge is 2.30. The Morgan fingerprint density at radius 3 is 2.62 bits per heavy atom. The zero-order valence-corrected chi connectivity index (χ0v) is 12.4. The van der Waals surface area contributed by atoms with Gasteiger partial charge in [-0.1, -0.05) is 6.07 Å². The lowest BCUT2D eigenvalue weighted by molar-refractivity contribution is -0.137. The highest BCUT2D eigenvalue weighted by Crippen LogP contribution is 2.33. The topological polar surface area (TPSA) is 75.9 Å². The number of aryl methyl sites for hydroxylation is 1. The number of hydrogen-bond acceptors (Lipinski definition) is 5. The van der Waals surface area contributed by atoms with Gasteiger partial charge in [-0.2, -0.15) is 18.2 Å². The van der Waals surface area contributed by atoms with Crippen LogP contribution in [0.25, 0.3) is 0 Å². The quantitative estimate of drug-likeness (QED) is 0.575. The van der Waals surface area contributed by atoms with Crippen molar-refractivity contribution in [3.8, 4) is 0 Å². The molecule has 0 aliphatic carbocycles. The Morgan fingerprint density at radius 1 is 1.29 bits per heavy atom. The fraction of sp³-hybridized carbons (Fsp3) is 0.167. The average Bonchev–Trinajstić information content (AvgIpc) is 2.42. The van der Waals surface area contributed by atoms with Crippen molar-refractivity contribution in [1.82, 2.24) is 9.97 Å². The molecule has 21 heavy (non-hydrogen) atoms. The zero-order valence-electron chi connectivity index (χ0n) is 10.8. The molecule has 0 bridgehead atoms. The Bertz CT molecular complexity index is 660. The van der Waals surface area contributed by atoms with E-state index < -0.39 is 11.7 Å². The third-order valence-corrected chi connectivity index (χ3v) is 3.27. The Hall–Kier alpha value is -1.87. The van der Waals surface area contributed by atoms with E-state index in [1.807, 2.05) is 0 Å². The molecule has 0 aliphatic rings. The maximum Gasteiger partial charge on any atom is 0.416 e. The number of nitrogen functional groups attached to an aromatic ring is 1. The van der Waals surface area contributed by atoms with Crippen molar-refractivity contribution in [3.05, 3.63) is 40.0 Å². The molecule has 0 fully saturated rings. The summed E-state index contributed by atoms with van der Waals surface area (Å²) in [7, 11) is 0. The normalized spacial score (nSPS) is 11.3. The molecule has 1 heterocycles. The van der Waals surface area contributed by atoms with Gasteiger partial charge in [-0.15, -0.1) is 0 Å². The molecule has 5 nitrogen and oxygen atoms in total. The van der Waals surface area contributed by atoms with Crippen LogP contribution in [0.2, 0.25) is 0 Å². The Balaban J connectivity index is 2.39. The zero-order chi connectivity index (χ0) is 15.6. The van der Waals surface area contributed by atoms with Crippen LogP contribution in [0, 0.1) is 6.92 Å². The van der Waals surface area contributed by atoms with Crippen molar-refractivity contribution in [3.63, 3.8) is 0 Å². The third kappa shape index (κ3) is 3.61. The van der Waals surface area contributed by atoms with E-state index in [-0.39, 0.29) is 5.95 Å². The first-order valence-electron chi connectivity index (χ1n) is 5.75. The van der Waals surface area contributed by atoms with Crippen LogP contribution in [0.3, 0.4) is 0 Å². The maximum atomic E-state index is 12.7. The monoisotopic (exact) mass is 361 g/mol. The van der Waals surface area contributed by atoms with Crippen LogP contribution in [-0.4, -0.2) is 9.97 Å². The van der Waals surface area contributed by atoms with Gasteiger partial charge >= 0.3 is 6.18 Å². The lowest BCUT2D eigenvalue weighted by Gasteiger charge is -2.14. The van der Waals surface area contributed by atoms with E-state index in [1.54, 1.807) is 6.92 Å². The Kier molecular flexibility index (Phi) is 4.33. The molecule has 0 saturated heterocycles. The summed E-state index contributed by atoms with van der Waals surface area (Å²) in [6, 6.07) is 3.45. The number of nitrogens with two attached hydrogens (primary N) is 1. The smallest absolute Gasteiger partial charge is 0.339 e. The fourth-order valence-electron chi connectivity index (χ4n) is 1.58. The van der Waals surface area contributed by atoms with Gasteiger partial charge in [0.15, 0.2) is 0 Å². The first-order valence-corrected chi connectivity index (χ1v) is 6.54. The third-order valence-electron chi connectivity index (χ3n) is 2.69. The molecular weight excluding hydrogens is 351 g/mol. The van der Waals surface area contributed by atoms with E-state index in [0.29, 0.717) is 21.5 Å². The minimum atomic E-state index is -4.41. The molecule has 112 valence electrons. The maximum absolute atomic E-state index is 12.7. The first kappa shape index (κ1) is 15.5. The van der Waals surface area contributed by atoms with E-state index >= 15 is 0 Å². The van der Waals surface area contributed by atoms with Crippen LogP contribution in [0.1, 0.15) is 11.1 Å². The largest absolute Gasteiger partial charge is 0.416 e. The van der Waals surface area contributed by atoms with Gasteiger partial charge in [0.1, 0.15) is 5.82 Å². The number of halogens is 4. The van der Waals surface area contributed by atoms with Gasteiger partial charge in [-0.25, -0.2) is 10.8 Å². The summed E-state index contributed by atoms with van der Waals surface area (Å²) in [6.07, 6.45) is -2.97. The van der Waals surface area contributed by atoms with Crippen molar-refractivity contribution >= 4 is 33.4 Å². The molecule has 2 aromatic rings. The summed E-state index contributed by atoms with van der Waals surface area (Å²) < 4.78 is 38.7. The van der Waals surface area contributed by atoms with Gasteiger partial charge in [-0.3, -0.25) is 5.43 Å². The number of hydrazine groups is 1. The minimum Gasteiger partial charge on any atom is -0.339 e. The molecular formula is C12H11BrF3N5. The first-order chi connectivity index (χ1) is 9.81. The van der Waals surface area contributed by atoms with Crippen molar-refractivity contribution in [1.29, 1.82) is 0 Å². The molecule has 0 unspecified atom stereocenters. The number of nitrogens with zero attached hydrogens (tertiary/aromatic N) is 2. The van der Waals surface area contributed by atoms with Crippen LogP contribution in [0.4, 0.5) is 30.6 Å². The van der Waals surface area contributed by atoms with Crippen LogP contribution in [0.5, 0.6) is 0 Å². The molecule has 1 aromatic carbocycles. The molecule has 0 radical (unpaired) electrons.